The van der Waals surface area contributed by atoms with Crippen molar-refractivity contribution < 1.29 is 4.74 Å². The van der Waals surface area contributed by atoms with Gasteiger partial charge in [0.05, 0.1) is 18.9 Å². The summed E-state index contributed by atoms with van der Waals surface area (Å²) in [5.41, 5.74) is 2.27. The van der Waals surface area contributed by atoms with E-state index in [9.17, 15) is 0 Å². The lowest BCUT2D eigenvalue weighted by Crippen LogP contribution is -2.56. The topological polar surface area (TPSA) is 66.7 Å². The number of rotatable bonds is 6. The van der Waals surface area contributed by atoms with Crippen molar-refractivity contribution in [2.45, 2.75) is 25.9 Å². The van der Waals surface area contributed by atoms with E-state index in [-0.39, 0.29) is 5.54 Å². The van der Waals surface area contributed by atoms with Crippen molar-refractivity contribution in [2.75, 3.05) is 39.9 Å². The van der Waals surface area contributed by atoms with Gasteiger partial charge in [-0.3, -0.25) is 9.89 Å². The maximum absolute atomic E-state index is 5.46. The molecule has 0 bridgehead atoms. The minimum atomic E-state index is 0.0431. The number of nitrogens with one attached hydrogen (secondary N) is 2. The summed E-state index contributed by atoms with van der Waals surface area (Å²) in [6.07, 6.45) is 3.73. The molecule has 146 valence electrons. The number of aliphatic imine (C=N–C) groups is 1. The third-order valence-electron chi connectivity index (χ3n) is 4.92. The minimum absolute atomic E-state index is 0.0431. The number of nitrogens with zero attached hydrogens (tertiary/aromatic N) is 4. The molecule has 27 heavy (non-hydrogen) atoms. The molecule has 1 saturated heterocycles. The molecule has 0 saturated carbocycles. The third kappa shape index (κ3) is 5.30. The summed E-state index contributed by atoms with van der Waals surface area (Å²) in [6.45, 7) is 9.60. The Morgan fingerprint density at radius 2 is 2.04 bits per heavy atom. The molecule has 3 rings (SSSR count). The van der Waals surface area contributed by atoms with Crippen molar-refractivity contribution in [3.8, 4) is 5.69 Å². The monoisotopic (exact) mass is 370 g/mol. The average molecular weight is 371 g/mol. The number of benzene rings is 1. The van der Waals surface area contributed by atoms with Crippen LogP contribution in [0.3, 0.4) is 0 Å². The zero-order valence-corrected chi connectivity index (χ0v) is 16.5. The second kappa shape index (κ2) is 9.01. The Morgan fingerprint density at radius 3 is 2.74 bits per heavy atom. The highest BCUT2D eigenvalue weighted by Crippen LogP contribution is 2.15. The number of guanidine groups is 1. The fourth-order valence-electron chi connectivity index (χ4n) is 3.22. The Kier molecular flexibility index (Phi) is 6.47. The Hall–Kier alpha value is -2.38. The van der Waals surface area contributed by atoms with Gasteiger partial charge in [-0.05, 0) is 37.6 Å². The first-order chi connectivity index (χ1) is 13.1. The Morgan fingerprint density at radius 1 is 1.22 bits per heavy atom. The first-order valence-corrected chi connectivity index (χ1v) is 9.45. The summed E-state index contributed by atoms with van der Waals surface area (Å²) < 4.78 is 7.32. The van der Waals surface area contributed by atoms with E-state index < -0.39 is 0 Å². The van der Waals surface area contributed by atoms with Crippen LogP contribution in [0.2, 0.25) is 0 Å². The Bertz CT molecular complexity index is 735. The van der Waals surface area contributed by atoms with Crippen molar-refractivity contribution >= 4 is 5.96 Å². The second-order valence-electron chi connectivity index (χ2n) is 7.31. The van der Waals surface area contributed by atoms with E-state index in [4.69, 9.17) is 4.74 Å². The van der Waals surface area contributed by atoms with E-state index in [0.717, 1.165) is 44.5 Å². The highest BCUT2D eigenvalue weighted by Gasteiger charge is 2.28. The van der Waals surface area contributed by atoms with Crippen molar-refractivity contribution in [1.82, 2.24) is 25.3 Å². The number of hydrogen-bond donors (Lipinski definition) is 2. The molecule has 1 aromatic heterocycles. The second-order valence-corrected chi connectivity index (χ2v) is 7.31. The molecule has 0 spiro atoms. The third-order valence-corrected chi connectivity index (χ3v) is 4.92. The van der Waals surface area contributed by atoms with Crippen LogP contribution in [0.1, 0.15) is 19.4 Å². The molecule has 2 aromatic rings. The summed E-state index contributed by atoms with van der Waals surface area (Å²) in [5.74, 6) is 0.806. The van der Waals surface area contributed by atoms with Gasteiger partial charge >= 0.3 is 0 Å². The quantitative estimate of drug-likeness (QED) is 0.598. The van der Waals surface area contributed by atoms with Gasteiger partial charge in [-0.1, -0.05) is 12.1 Å². The standard InChI is InChI=1S/C20H30N6O/c1-20(2,25-10-12-27-13-11-25)16-23-19(21-3)22-15-17-6-4-7-18(14-17)26-9-5-8-24-26/h4-9,14H,10-13,15-16H2,1-3H3,(H2,21,22,23). The number of ether oxygens (including phenoxy) is 1. The lowest BCUT2D eigenvalue weighted by molar-refractivity contribution is -0.00834. The predicted molar refractivity (Wildman–Crippen MR) is 108 cm³/mol. The predicted octanol–water partition coefficient (Wildman–Crippen LogP) is 1.65. The zero-order chi connectivity index (χ0) is 19.1. The highest BCUT2D eigenvalue weighted by molar-refractivity contribution is 5.79. The molecule has 0 atom stereocenters. The van der Waals surface area contributed by atoms with Crippen LogP contribution in [-0.2, 0) is 11.3 Å². The van der Waals surface area contributed by atoms with Crippen molar-refractivity contribution in [3.63, 3.8) is 0 Å². The van der Waals surface area contributed by atoms with Gasteiger partial charge in [0.25, 0.3) is 0 Å². The van der Waals surface area contributed by atoms with E-state index in [1.807, 2.05) is 23.0 Å². The van der Waals surface area contributed by atoms with Crippen LogP contribution in [0, 0.1) is 0 Å². The van der Waals surface area contributed by atoms with E-state index in [2.05, 4.69) is 57.7 Å². The molecular formula is C20H30N6O. The largest absolute Gasteiger partial charge is 0.379 e. The van der Waals surface area contributed by atoms with Gasteiger partial charge in [0.1, 0.15) is 0 Å². The zero-order valence-electron chi connectivity index (χ0n) is 16.5. The van der Waals surface area contributed by atoms with Gasteiger partial charge in [-0.25, -0.2) is 4.68 Å². The maximum Gasteiger partial charge on any atom is 0.191 e. The van der Waals surface area contributed by atoms with Crippen LogP contribution < -0.4 is 10.6 Å². The molecule has 0 unspecified atom stereocenters. The van der Waals surface area contributed by atoms with Gasteiger partial charge in [0, 0.05) is 51.2 Å². The van der Waals surface area contributed by atoms with E-state index in [1.54, 1.807) is 13.2 Å². The van der Waals surface area contributed by atoms with Crippen molar-refractivity contribution in [3.05, 3.63) is 48.3 Å². The summed E-state index contributed by atoms with van der Waals surface area (Å²) in [7, 11) is 1.80. The van der Waals surface area contributed by atoms with Crippen LogP contribution in [0.5, 0.6) is 0 Å². The van der Waals surface area contributed by atoms with E-state index in [0.29, 0.717) is 6.54 Å². The fraction of sp³-hybridized carbons (Fsp3) is 0.500. The summed E-state index contributed by atoms with van der Waals surface area (Å²) in [5, 5.41) is 11.1. The van der Waals surface area contributed by atoms with Crippen LogP contribution in [0.25, 0.3) is 5.69 Å². The number of morpholine rings is 1. The molecule has 2 heterocycles. The van der Waals surface area contributed by atoms with Crippen LogP contribution in [0.15, 0.2) is 47.7 Å². The average Bonchev–Trinajstić information content (AvgIpc) is 3.24. The van der Waals surface area contributed by atoms with Gasteiger partial charge in [0.15, 0.2) is 5.96 Å². The van der Waals surface area contributed by atoms with Crippen LogP contribution in [0.4, 0.5) is 0 Å². The summed E-state index contributed by atoms with van der Waals surface area (Å²) in [6, 6.07) is 10.3. The molecule has 1 aromatic carbocycles. The molecular weight excluding hydrogens is 340 g/mol. The van der Waals surface area contributed by atoms with Gasteiger partial charge in [-0.15, -0.1) is 0 Å². The molecule has 1 fully saturated rings. The molecule has 0 amide bonds. The van der Waals surface area contributed by atoms with Gasteiger partial charge in [-0.2, -0.15) is 5.10 Å². The summed E-state index contributed by atoms with van der Waals surface area (Å²) >= 11 is 0. The maximum atomic E-state index is 5.46. The normalized spacial score (nSPS) is 16.3. The smallest absolute Gasteiger partial charge is 0.191 e. The Labute approximate surface area is 161 Å². The van der Waals surface area contributed by atoms with Crippen molar-refractivity contribution in [1.29, 1.82) is 0 Å². The first-order valence-electron chi connectivity index (χ1n) is 9.45. The van der Waals surface area contributed by atoms with Crippen LogP contribution in [-0.4, -0.2) is 66.1 Å². The molecule has 7 heteroatoms. The first kappa shape index (κ1) is 19.4. The van der Waals surface area contributed by atoms with Crippen molar-refractivity contribution in [2.24, 2.45) is 4.99 Å². The summed E-state index contributed by atoms with van der Waals surface area (Å²) in [4.78, 5) is 6.82. The fourth-order valence-corrected chi connectivity index (χ4v) is 3.22. The van der Waals surface area contributed by atoms with E-state index in [1.165, 1.54) is 5.56 Å². The Balaban J connectivity index is 1.53. The minimum Gasteiger partial charge on any atom is -0.379 e. The molecule has 0 radical (unpaired) electrons. The molecule has 1 aliphatic rings. The van der Waals surface area contributed by atoms with Gasteiger partial charge < -0.3 is 15.4 Å². The van der Waals surface area contributed by atoms with E-state index >= 15 is 0 Å². The highest BCUT2D eigenvalue weighted by atomic mass is 16.5. The molecule has 0 aliphatic carbocycles. The van der Waals surface area contributed by atoms with Crippen LogP contribution >= 0.6 is 0 Å². The lowest BCUT2D eigenvalue weighted by atomic mass is 10.0. The number of aromatic nitrogens is 2. The molecule has 7 nitrogen and oxygen atoms in total. The molecule has 2 N–H and O–H groups in total. The molecule has 1 aliphatic heterocycles. The lowest BCUT2D eigenvalue weighted by Gasteiger charge is -2.41. The van der Waals surface area contributed by atoms with Gasteiger partial charge in [0.2, 0.25) is 0 Å². The number of hydrogen-bond acceptors (Lipinski definition) is 4. The SMILES string of the molecule is CN=C(NCc1cccc(-n2cccn2)c1)NCC(C)(C)N1CCOCC1.